The summed E-state index contributed by atoms with van der Waals surface area (Å²) in [5, 5.41) is 4.00. The average molecular weight is 262 g/mol. The highest BCUT2D eigenvalue weighted by Crippen LogP contribution is 2.34. The Morgan fingerprint density at radius 3 is 3.11 bits per heavy atom. The molecule has 1 aromatic carbocycles. The molecular formula is C13H11FN2OS. The van der Waals surface area contributed by atoms with E-state index in [-0.39, 0.29) is 5.82 Å². The molecule has 1 N–H and O–H groups in total. The maximum atomic E-state index is 13.1. The van der Waals surface area contributed by atoms with E-state index in [4.69, 9.17) is 4.42 Å². The number of nitrogens with one attached hydrogen (secondary N) is 1. The Kier molecular flexibility index (Phi) is 2.85. The molecule has 3 aromatic rings. The first kappa shape index (κ1) is 11.4. The number of nitrogens with zero attached hydrogens (tertiary/aromatic N) is 1. The third kappa shape index (κ3) is 2.02. The quantitative estimate of drug-likeness (QED) is 0.786. The summed E-state index contributed by atoms with van der Waals surface area (Å²) >= 11 is 1.50. The molecule has 3 rings (SSSR count). The fraction of sp³-hybridized carbons (Fsp3) is 0.154. The number of hydrogen-bond donors (Lipinski definition) is 1. The highest BCUT2D eigenvalue weighted by atomic mass is 32.1. The molecule has 0 aliphatic heterocycles. The van der Waals surface area contributed by atoms with Crippen molar-refractivity contribution < 1.29 is 8.81 Å². The minimum absolute atomic E-state index is 0.218. The molecule has 0 saturated carbocycles. The van der Waals surface area contributed by atoms with Crippen LogP contribution in [0.4, 0.5) is 4.39 Å². The van der Waals surface area contributed by atoms with Crippen LogP contribution in [0.3, 0.4) is 0 Å². The largest absolute Gasteiger partial charge is 0.438 e. The zero-order valence-corrected chi connectivity index (χ0v) is 10.6. The molecule has 0 spiro atoms. The molecule has 0 amide bonds. The summed E-state index contributed by atoms with van der Waals surface area (Å²) in [7, 11) is 1.84. The first-order valence-electron chi connectivity index (χ1n) is 5.55. The monoisotopic (exact) mass is 262 g/mol. The Morgan fingerprint density at radius 2 is 2.28 bits per heavy atom. The molecule has 2 aromatic heterocycles. The molecule has 0 aliphatic carbocycles. The molecule has 92 valence electrons. The van der Waals surface area contributed by atoms with Crippen molar-refractivity contribution in [1.29, 1.82) is 0 Å². The average Bonchev–Trinajstić information content (AvgIpc) is 2.94. The van der Waals surface area contributed by atoms with E-state index in [2.05, 4.69) is 10.3 Å². The van der Waals surface area contributed by atoms with Crippen molar-refractivity contribution in [3.05, 3.63) is 42.2 Å². The Balaban J connectivity index is 2.02. The Hall–Kier alpha value is -1.72. The Labute approximate surface area is 107 Å². The van der Waals surface area contributed by atoms with Crippen LogP contribution in [0.1, 0.15) is 5.89 Å². The van der Waals surface area contributed by atoms with Gasteiger partial charge in [0.15, 0.2) is 5.76 Å². The summed E-state index contributed by atoms with van der Waals surface area (Å²) in [6.07, 6.45) is 1.70. The summed E-state index contributed by atoms with van der Waals surface area (Å²) in [5.41, 5.74) is 0. The molecule has 0 aliphatic rings. The second kappa shape index (κ2) is 4.51. The standard InChI is InChI=1S/C13H11FN2OS/c1-15-7-13-16-6-10(17-13)12-4-8-2-3-9(14)5-11(8)18-12/h2-6,15H,7H2,1H3. The molecule has 5 heteroatoms. The van der Waals surface area contributed by atoms with Gasteiger partial charge >= 0.3 is 0 Å². The molecule has 0 fully saturated rings. The molecule has 2 heterocycles. The lowest BCUT2D eigenvalue weighted by Gasteiger charge is -1.91. The van der Waals surface area contributed by atoms with Crippen LogP contribution in [0.2, 0.25) is 0 Å². The molecule has 0 unspecified atom stereocenters. The smallest absolute Gasteiger partial charge is 0.208 e. The summed E-state index contributed by atoms with van der Waals surface area (Å²) < 4.78 is 19.6. The van der Waals surface area contributed by atoms with E-state index in [1.54, 1.807) is 12.3 Å². The predicted molar refractivity (Wildman–Crippen MR) is 70.0 cm³/mol. The van der Waals surface area contributed by atoms with Gasteiger partial charge in [0.1, 0.15) is 5.82 Å². The van der Waals surface area contributed by atoms with Crippen molar-refractivity contribution in [1.82, 2.24) is 10.3 Å². The van der Waals surface area contributed by atoms with Gasteiger partial charge in [-0.05, 0) is 30.6 Å². The third-order valence-electron chi connectivity index (χ3n) is 2.61. The van der Waals surface area contributed by atoms with E-state index < -0.39 is 0 Å². The Bertz CT molecular complexity index is 689. The number of halogens is 1. The van der Waals surface area contributed by atoms with Crippen LogP contribution in [0.5, 0.6) is 0 Å². The third-order valence-corrected chi connectivity index (χ3v) is 3.72. The van der Waals surface area contributed by atoms with Crippen molar-refractivity contribution >= 4 is 21.4 Å². The van der Waals surface area contributed by atoms with E-state index in [1.807, 2.05) is 13.1 Å². The van der Waals surface area contributed by atoms with E-state index >= 15 is 0 Å². The van der Waals surface area contributed by atoms with E-state index in [1.165, 1.54) is 23.5 Å². The molecule has 0 radical (unpaired) electrons. The van der Waals surface area contributed by atoms with E-state index in [0.717, 1.165) is 20.7 Å². The summed E-state index contributed by atoms with van der Waals surface area (Å²) in [4.78, 5) is 5.14. The lowest BCUT2D eigenvalue weighted by atomic mass is 10.2. The summed E-state index contributed by atoms with van der Waals surface area (Å²) in [6.45, 7) is 0.597. The number of oxazole rings is 1. The maximum absolute atomic E-state index is 13.1. The number of hydrogen-bond acceptors (Lipinski definition) is 4. The van der Waals surface area contributed by atoms with Crippen LogP contribution < -0.4 is 5.32 Å². The number of fused-ring (bicyclic) bond motifs is 1. The van der Waals surface area contributed by atoms with Gasteiger partial charge in [0.25, 0.3) is 0 Å². The fourth-order valence-corrected chi connectivity index (χ4v) is 2.82. The second-order valence-electron chi connectivity index (χ2n) is 3.94. The van der Waals surface area contributed by atoms with Gasteiger partial charge in [-0.25, -0.2) is 9.37 Å². The summed E-state index contributed by atoms with van der Waals surface area (Å²) in [6, 6.07) is 6.76. The van der Waals surface area contributed by atoms with Crippen LogP contribution in [0.25, 0.3) is 20.7 Å². The van der Waals surface area contributed by atoms with Crippen molar-refractivity contribution in [2.75, 3.05) is 7.05 Å². The predicted octanol–water partition coefficient (Wildman–Crippen LogP) is 3.41. The first-order valence-corrected chi connectivity index (χ1v) is 6.36. The normalized spacial score (nSPS) is 11.2. The second-order valence-corrected chi connectivity index (χ2v) is 5.03. The van der Waals surface area contributed by atoms with Gasteiger partial charge in [-0.3, -0.25) is 0 Å². The van der Waals surface area contributed by atoms with E-state index in [9.17, 15) is 4.39 Å². The van der Waals surface area contributed by atoms with E-state index in [0.29, 0.717) is 12.4 Å². The minimum atomic E-state index is -0.218. The highest BCUT2D eigenvalue weighted by molar-refractivity contribution is 7.22. The van der Waals surface area contributed by atoms with Crippen LogP contribution in [0, 0.1) is 5.82 Å². The maximum Gasteiger partial charge on any atom is 0.208 e. The lowest BCUT2D eigenvalue weighted by molar-refractivity contribution is 0.492. The van der Waals surface area contributed by atoms with Gasteiger partial charge < -0.3 is 9.73 Å². The first-order chi connectivity index (χ1) is 8.76. The Morgan fingerprint density at radius 1 is 1.39 bits per heavy atom. The van der Waals surface area contributed by atoms with Gasteiger partial charge in [-0.1, -0.05) is 6.07 Å². The topological polar surface area (TPSA) is 38.1 Å². The molecular weight excluding hydrogens is 251 g/mol. The summed E-state index contributed by atoms with van der Waals surface area (Å²) in [5.74, 6) is 1.15. The van der Waals surface area contributed by atoms with Crippen LogP contribution in [0.15, 0.2) is 34.9 Å². The van der Waals surface area contributed by atoms with Gasteiger partial charge in [0.2, 0.25) is 5.89 Å². The van der Waals surface area contributed by atoms with Crippen molar-refractivity contribution in [2.24, 2.45) is 0 Å². The lowest BCUT2D eigenvalue weighted by Crippen LogP contribution is -2.04. The van der Waals surface area contributed by atoms with Crippen molar-refractivity contribution in [2.45, 2.75) is 6.54 Å². The van der Waals surface area contributed by atoms with Crippen LogP contribution >= 0.6 is 11.3 Å². The van der Waals surface area contributed by atoms with Gasteiger partial charge in [-0.15, -0.1) is 11.3 Å². The number of aromatic nitrogens is 1. The van der Waals surface area contributed by atoms with Crippen molar-refractivity contribution in [3.63, 3.8) is 0 Å². The molecule has 18 heavy (non-hydrogen) atoms. The molecule has 0 atom stereocenters. The van der Waals surface area contributed by atoms with Gasteiger partial charge in [-0.2, -0.15) is 0 Å². The zero-order valence-electron chi connectivity index (χ0n) is 9.74. The van der Waals surface area contributed by atoms with Crippen molar-refractivity contribution in [3.8, 4) is 10.6 Å². The van der Waals surface area contributed by atoms with Crippen LogP contribution in [-0.4, -0.2) is 12.0 Å². The number of benzene rings is 1. The van der Waals surface area contributed by atoms with Gasteiger partial charge in [0.05, 0.1) is 17.6 Å². The minimum Gasteiger partial charge on any atom is -0.438 e. The van der Waals surface area contributed by atoms with Crippen LogP contribution in [-0.2, 0) is 6.54 Å². The highest BCUT2D eigenvalue weighted by Gasteiger charge is 2.10. The number of rotatable bonds is 3. The fourth-order valence-electron chi connectivity index (χ4n) is 1.78. The molecule has 0 bridgehead atoms. The number of thiophene rings is 1. The zero-order chi connectivity index (χ0) is 12.5. The molecule has 3 nitrogen and oxygen atoms in total. The van der Waals surface area contributed by atoms with Gasteiger partial charge in [0, 0.05) is 4.70 Å². The molecule has 0 saturated heterocycles. The SMILES string of the molecule is CNCc1ncc(-c2cc3ccc(F)cc3s2)o1.